The lowest BCUT2D eigenvalue weighted by Gasteiger charge is -2.08. The maximum atomic E-state index is 12.3. The number of para-hydroxylation sites is 1. The molecular weight excluding hydrogens is 489 g/mol. The molecule has 0 fully saturated rings. The van der Waals surface area contributed by atoms with Gasteiger partial charge in [0.2, 0.25) is 0 Å². The summed E-state index contributed by atoms with van der Waals surface area (Å²) in [7, 11) is 0. The number of carbonyl (C=O) groups is 2. The lowest BCUT2D eigenvalue weighted by molar-refractivity contribution is -0.132. The van der Waals surface area contributed by atoms with Crippen molar-refractivity contribution < 1.29 is 19.4 Å². The summed E-state index contributed by atoms with van der Waals surface area (Å²) in [5, 5.41) is 13.7. The highest BCUT2D eigenvalue weighted by Gasteiger charge is 2.16. The molecule has 1 heterocycles. The monoisotopic (exact) mass is 505 g/mol. The van der Waals surface area contributed by atoms with Gasteiger partial charge in [0.15, 0.2) is 0 Å². The second-order valence-electron chi connectivity index (χ2n) is 5.85. The molecule has 0 saturated carbocycles. The standard InChI is InChI=1S/C21H16INO4S/c1-13-10-11-28-19(13)20(24)23-17(21(25)26)12-14-6-8-15(9-7-14)27-18-5-3-2-4-16(18)22/h2-12H,1H3,(H,23,24)(H,25,26). The number of ether oxygens (including phenoxy) is 1. The summed E-state index contributed by atoms with van der Waals surface area (Å²) < 4.78 is 6.82. The van der Waals surface area contributed by atoms with Crippen molar-refractivity contribution >= 4 is 51.9 Å². The number of benzene rings is 2. The van der Waals surface area contributed by atoms with Crippen molar-refractivity contribution in [3.63, 3.8) is 0 Å². The van der Waals surface area contributed by atoms with E-state index in [1.165, 1.54) is 17.4 Å². The van der Waals surface area contributed by atoms with Crippen LogP contribution in [0, 0.1) is 10.5 Å². The Morgan fingerprint density at radius 3 is 2.43 bits per heavy atom. The molecule has 1 aromatic heterocycles. The number of hydrogen-bond acceptors (Lipinski definition) is 4. The molecule has 0 saturated heterocycles. The number of aryl methyl sites for hydroxylation is 1. The predicted octanol–water partition coefficient (Wildman–Crippen LogP) is 5.31. The average Bonchev–Trinajstić information content (AvgIpc) is 3.10. The van der Waals surface area contributed by atoms with Gasteiger partial charge in [0.05, 0.1) is 8.45 Å². The maximum Gasteiger partial charge on any atom is 0.352 e. The number of thiophene rings is 1. The molecular formula is C21H16INO4S. The van der Waals surface area contributed by atoms with E-state index in [2.05, 4.69) is 27.9 Å². The van der Waals surface area contributed by atoms with Gasteiger partial charge in [0.25, 0.3) is 5.91 Å². The van der Waals surface area contributed by atoms with Crippen LogP contribution in [-0.4, -0.2) is 17.0 Å². The van der Waals surface area contributed by atoms with Gasteiger partial charge in [-0.25, -0.2) is 4.79 Å². The van der Waals surface area contributed by atoms with Crippen LogP contribution in [0.3, 0.4) is 0 Å². The van der Waals surface area contributed by atoms with Gasteiger partial charge in [0, 0.05) is 0 Å². The molecule has 0 aliphatic rings. The molecule has 142 valence electrons. The molecule has 28 heavy (non-hydrogen) atoms. The SMILES string of the molecule is Cc1ccsc1C(=O)NC(=Cc1ccc(Oc2ccccc2I)cc1)C(=O)O. The van der Waals surface area contributed by atoms with Gasteiger partial charge < -0.3 is 15.2 Å². The second kappa shape index (κ2) is 9.03. The fourth-order valence-corrected chi connectivity index (χ4v) is 3.71. The Morgan fingerprint density at radius 1 is 1.11 bits per heavy atom. The highest BCUT2D eigenvalue weighted by molar-refractivity contribution is 14.1. The highest BCUT2D eigenvalue weighted by atomic mass is 127. The van der Waals surface area contributed by atoms with Gasteiger partial charge in [-0.05, 0) is 82.4 Å². The molecule has 0 radical (unpaired) electrons. The van der Waals surface area contributed by atoms with Crippen molar-refractivity contribution in [3.8, 4) is 11.5 Å². The molecule has 0 spiro atoms. The lowest BCUT2D eigenvalue weighted by Crippen LogP contribution is -2.27. The van der Waals surface area contributed by atoms with E-state index in [0.717, 1.165) is 14.9 Å². The Balaban J connectivity index is 1.76. The summed E-state index contributed by atoms with van der Waals surface area (Å²) in [5.41, 5.74) is 1.25. The molecule has 0 aliphatic carbocycles. The highest BCUT2D eigenvalue weighted by Crippen LogP contribution is 2.26. The van der Waals surface area contributed by atoms with Gasteiger partial charge in [-0.3, -0.25) is 4.79 Å². The molecule has 3 rings (SSSR count). The Morgan fingerprint density at radius 2 is 1.82 bits per heavy atom. The van der Waals surface area contributed by atoms with Crippen molar-refractivity contribution in [2.45, 2.75) is 6.92 Å². The molecule has 1 amide bonds. The number of carbonyl (C=O) groups excluding carboxylic acids is 1. The number of aliphatic carboxylic acids is 1. The first kappa shape index (κ1) is 20.1. The third kappa shape index (κ3) is 4.99. The van der Waals surface area contributed by atoms with E-state index in [9.17, 15) is 14.7 Å². The molecule has 5 nitrogen and oxygen atoms in total. The van der Waals surface area contributed by atoms with Gasteiger partial charge in [0.1, 0.15) is 17.2 Å². The van der Waals surface area contributed by atoms with E-state index >= 15 is 0 Å². The Kier molecular flexibility index (Phi) is 6.48. The zero-order valence-electron chi connectivity index (χ0n) is 14.8. The van der Waals surface area contributed by atoms with Crippen LogP contribution in [0.1, 0.15) is 20.8 Å². The molecule has 0 aliphatic heterocycles. The summed E-state index contributed by atoms with van der Waals surface area (Å²) in [4.78, 5) is 24.3. The van der Waals surface area contributed by atoms with Crippen molar-refractivity contribution in [2.24, 2.45) is 0 Å². The van der Waals surface area contributed by atoms with E-state index in [0.29, 0.717) is 16.2 Å². The molecule has 2 aromatic carbocycles. The topological polar surface area (TPSA) is 75.6 Å². The van der Waals surface area contributed by atoms with Crippen molar-refractivity contribution in [1.29, 1.82) is 0 Å². The Hall–Kier alpha value is -2.65. The first-order valence-corrected chi connectivity index (χ1v) is 10.2. The van der Waals surface area contributed by atoms with E-state index in [-0.39, 0.29) is 5.70 Å². The third-order valence-electron chi connectivity index (χ3n) is 3.80. The van der Waals surface area contributed by atoms with Crippen molar-refractivity contribution in [2.75, 3.05) is 0 Å². The van der Waals surface area contributed by atoms with Crippen LogP contribution < -0.4 is 10.1 Å². The number of nitrogens with one attached hydrogen (secondary N) is 1. The smallest absolute Gasteiger partial charge is 0.352 e. The summed E-state index contributed by atoms with van der Waals surface area (Å²) in [5.74, 6) is -0.255. The number of halogens is 1. The predicted molar refractivity (Wildman–Crippen MR) is 118 cm³/mol. The minimum absolute atomic E-state index is 0.191. The van der Waals surface area contributed by atoms with Gasteiger partial charge >= 0.3 is 5.97 Å². The molecule has 2 N–H and O–H groups in total. The lowest BCUT2D eigenvalue weighted by atomic mass is 10.1. The number of hydrogen-bond donors (Lipinski definition) is 2. The van der Waals surface area contributed by atoms with E-state index < -0.39 is 11.9 Å². The summed E-state index contributed by atoms with van der Waals surface area (Å²) >= 11 is 3.47. The van der Waals surface area contributed by atoms with Crippen molar-refractivity contribution in [3.05, 3.63) is 85.2 Å². The Labute approximate surface area is 179 Å². The fourth-order valence-electron chi connectivity index (χ4n) is 2.39. The van der Waals surface area contributed by atoms with Crippen molar-refractivity contribution in [1.82, 2.24) is 5.32 Å². The number of carboxylic acids is 1. The number of carboxylic acid groups (broad SMARTS) is 1. The van der Waals surface area contributed by atoms with Crippen LogP contribution in [0.5, 0.6) is 11.5 Å². The third-order valence-corrected chi connectivity index (χ3v) is 5.71. The van der Waals surface area contributed by atoms with E-state index in [4.69, 9.17) is 4.74 Å². The van der Waals surface area contributed by atoms with Crippen LogP contribution in [0.25, 0.3) is 6.08 Å². The quantitative estimate of drug-likeness (QED) is 0.352. The average molecular weight is 505 g/mol. The minimum atomic E-state index is -1.21. The largest absolute Gasteiger partial charge is 0.477 e. The fraction of sp³-hybridized carbons (Fsp3) is 0.0476. The van der Waals surface area contributed by atoms with Crippen LogP contribution in [0.2, 0.25) is 0 Å². The summed E-state index contributed by atoms with van der Waals surface area (Å²) in [6.45, 7) is 1.81. The van der Waals surface area contributed by atoms with Gasteiger partial charge in [-0.1, -0.05) is 24.3 Å². The summed E-state index contributed by atoms with van der Waals surface area (Å²) in [6, 6.07) is 16.4. The van der Waals surface area contributed by atoms with Crippen LogP contribution >= 0.6 is 33.9 Å². The van der Waals surface area contributed by atoms with Crippen LogP contribution in [0.15, 0.2) is 65.7 Å². The zero-order chi connectivity index (χ0) is 20.1. The number of amides is 1. The Bertz CT molecular complexity index is 1040. The van der Waals surface area contributed by atoms with Crippen LogP contribution in [0.4, 0.5) is 0 Å². The maximum absolute atomic E-state index is 12.3. The van der Waals surface area contributed by atoms with E-state index in [1.54, 1.807) is 29.6 Å². The number of rotatable bonds is 6. The van der Waals surface area contributed by atoms with Gasteiger partial charge in [-0.2, -0.15) is 0 Å². The second-order valence-corrected chi connectivity index (χ2v) is 7.93. The first-order valence-electron chi connectivity index (χ1n) is 8.27. The molecule has 0 bridgehead atoms. The molecule has 0 unspecified atom stereocenters. The van der Waals surface area contributed by atoms with Gasteiger partial charge in [-0.15, -0.1) is 11.3 Å². The van der Waals surface area contributed by atoms with Crippen LogP contribution in [-0.2, 0) is 4.79 Å². The summed E-state index contributed by atoms with van der Waals surface area (Å²) in [6.07, 6.45) is 1.42. The minimum Gasteiger partial charge on any atom is -0.477 e. The molecule has 7 heteroatoms. The van der Waals surface area contributed by atoms with E-state index in [1.807, 2.05) is 37.3 Å². The normalized spacial score (nSPS) is 11.1. The first-order chi connectivity index (χ1) is 13.4. The zero-order valence-corrected chi connectivity index (χ0v) is 17.8. The molecule has 3 aromatic rings. The molecule has 0 atom stereocenters.